The van der Waals surface area contributed by atoms with E-state index in [1.54, 1.807) is 6.92 Å². The van der Waals surface area contributed by atoms with Crippen molar-refractivity contribution in [3.8, 4) is 16.9 Å². The first-order valence-electron chi connectivity index (χ1n) is 15.5. The fraction of sp³-hybridized carbons (Fsp3) is 0.263. The van der Waals surface area contributed by atoms with E-state index in [0.29, 0.717) is 11.3 Å². The molecule has 0 bridgehead atoms. The molecule has 0 amide bonds. The third-order valence-corrected chi connectivity index (χ3v) is 9.80. The van der Waals surface area contributed by atoms with E-state index in [0.717, 1.165) is 17.1 Å². The normalized spacial score (nSPS) is 16.0. The minimum atomic E-state index is -5.66. The van der Waals surface area contributed by atoms with E-state index >= 15 is 0 Å². The zero-order valence-corrected chi connectivity index (χ0v) is 29.1. The number of benzene rings is 4. The zero-order chi connectivity index (χ0) is 34.7. The van der Waals surface area contributed by atoms with Crippen molar-refractivity contribution < 1.29 is 25.8 Å². The Morgan fingerprint density at radius 2 is 1.29 bits per heavy atom. The molecule has 5 nitrogen and oxygen atoms in total. The van der Waals surface area contributed by atoms with Crippen molar-refractivity contribution in [1.29, 1.82) is 0 Å². The smallest absolute Gasteiger partial charge is 0.376 e. The van der Waals surface area contributed by atoms with Crippen molar-refractivity contribution in [3.05, 3.63) is 126 Å². The second-order valence-corrected chi connectivity index (χ2v) is 15.5. The van der Waals surface area contributed by atoms with Crippen LogP contribution in [0.1, 0.15) is 51.3 Å². The number of anilines is 2. The van der Waals surface area contributed by atoms with Gasteiger partial charge in [0, 0.05) is 34.0 Å². The molecular weight excluding hydrogens is 654 g/mol. The highest BCUT2D eigenvalue weighted by Crippen LogP contribution is 2.39. The lowest BCUT2D eigenvalue weighted by molar-refractivity contribution is -0.0500. The van der Waals surface area contributed by atoms with Crippen LogP contribution in [-0.2, 0) is 15.9 Å². The lowest BCUT2D eigenvalue weighted by atomic mass is 9.89. The van der Waals surface area contributed by atoms with E-state index in [1.807, 2.05) is 31.7 Å². The maximum atomic E-state index is 12.3. The Labute approximate surface area is 285 Å². The third-order valence-electron chi connectivity index (χ3n) is 7.77. The van der Waals surface area contributed by atoms with Gasteiger partial charge in [-0.2, -0.15) is 33.4 Å². The molecule has 4 aromatic carbocycles. The third kappa shape index (κ3) is 8.65. The van der Waals surface area contributed by atoms with Crippen LogP contribution in [0, 0.1) is 0 Å². The quantitative estimate of drug-likeness (QED) is 0.148. The summed E-state index contributed by atoms with van der Waals surface area (Å²) in [6.45, 7) is 10.2. The molecular formula is C38H39F3N2O3S2. The van der Waals surface area contributed by atoms with Crippen molar-refractivity contribution in [2.75, 3.05) is 16.4 Å². The Bertz CT molecular complexity index is 1940. The first-order chi connectivity index (χ1) is 22.5. The fourth-order valence-corrected chi connectivity index (χ4v) is 7.23. The summed E-state index contributed by atoms with van der Waals surface area (Å²) < 4.78 is 63.0. The summed E-state index contributed by atoms with van der Waals surface area (Å²) in [6.07, 6.45) is 4.29. The van der Waals surface area contributed by atoms with Crippen LogP contribution in [0.15, 0.2) is 109 Å². The second-order valence-electron chi connectivity index (χ2n) is 13.0. The number of nitrogens with one attached hydrogen (secondary N) is 2. The predicted octanol–water partition coefficient (Wildman–Crippen LogP) is 10.4. The Kier molecular flexibility index (Phi) is 10.1. The van der Waals surface area contributed by atoms with Gasteiger partial charge in [-0.1, -0.05) is 78.9 Å². The number of hydrogen-bond acceptors (Lipinski definition) is 6. The maximum Gasteiger partial charge on any atom is 0.534 e. The van der Waals surface area contributed by atoms with Gasteiger partial charge < -0.3 is 14.8 Å². The molecule has 2 aliphatic rings. The molecule has 48 heavy (non-hydrogen) atoms. The van der Waals surface area contributed by atoms with Gasteiger partial charge in [0.25, 0.3) is 0 Å². The molecule has 252 valence electrons. The van der Waals surface area contributed by atoms with Crippen molar-refractivity contribution in [2.24, 2.45) is 0 Å². The molecule has 2 aliphatic heterocycles. The van der Waals surface area contributed by atoms with E-state index in [-0.39, 0.29) is 16.8 Å². The highest BCUT2D eigenvalue weighted by molar-refractivity contribution is 7.98. The minimum absolute atomic E-state index is 0.0239. The van der Waals surface area contributed by atoms with Crippen molar-refractivity contribution in [1.82, 2.24) is 0 Å². The molecule has 4 aromatic rings. The summed E-state index contributed by atoms with van der Waals surface area (Å²) in [5, 5.41) is 6.85. The van der Waals surface area contributed by atoms with Crippen LogP contribution < -0.4 is 14.8 Å². The van der Waals surface area contributed by atoms with Crippen molar-refractivity contribution in [3.63, 3.8) is 0 Å². The molecule has 0 aromatic heterocycles. The van der Waals surface area contributed by atoms with Gasteiger partial charge in [0.1, 0.15) is 5.75 Å². The van der Waals surface area contributed by atoms with E-state index in [4.69, 9.17) is 0 Å². The van der Waals surface area contributed by atoms with Crippen LogP contribution in [0.2, 0.25) is 0 Å². The van der Waals surface area contributed by atoms with Gasteiger partial charge in [-0.05, 0) is 92.8 Å². The lowest BCUT2D eigenvalue weighted by Crippen LogP contribution is -2.32. The monoisotopic (exact) mass is 692 g/mol. The average Bonchev–Trinajstić information content (AvgIpc) is 3.01. The maximum absolute atomic E-state index is 12.3. The summed E-state index contributed by atoms with van der Waals surface area (Å²) in [7, 11) is -5.66. The molecule has 0 saturated heterocycles. The van der Waals surface area contributed by atoms with Crippen molar-refractivity contribution in [2.45, 2.75) is 57.0 Å². The first kappa shape index (κ1) is 35.2. The second kappa shape index (κ2) is 13.8. The summed E-state index contributed by atoms with van der Waals surface area (Å²) >= 11 is 1.98. The summed E-state index contributed by atoms with van der Waals surface area (Å²) in [5.41, 5.74) is 4.27. The van der Waals surface area contributed by atoms with Gasteiger partial charge in [-0.25, -0.2) is 0 Å². The van der Waals surface area contributed by atoms with Gasteiger partial charge in [-0.15, -0.1) is 0 Å². The average molecular weight is 693 g/mol. The Morgan fingerprint density at radius 3 is 1.94 bits per heavy atom. The van der Waals surface area contributed by atoms with Crippen molar-refractivity contribution >= 4 is 44.4 Å². The first-order valence-corrected chi connectivity index (χ1v) is 18.0. The van der Waals surface area contributed by atoms with Gasteiger partial charge >= 0.3 is 15.6 Å². The molecule has 0 aliphatic carbocycles. The van der Waals surface area contributed by atoms with Crippen LogP contribution in [0.25, 0.3) is 22.3 Å². The van der Waals surface area contributed by atoms with Crippen LogP contribution in [0.5, 0.6) is 5.75 Å². The number of fused-ring (bicyclic) bond motifs is 2. The number of rotatable bonds is 7. The van der Waals surface area contributed by atoms with E-state index < -0.39 is 15.6 Å². The SMILES string of the molecule is CC1(C)C=C(CSCc2ccccc2)c2cc(-c3ccccc3)ccc2N1.CC1=CC(C)(C)Nc2ccc(OS(=O)(=O)C(F)(F)F)cc21. The Balaban J connectivity index is 0.000000194. The summed E-state index contributed by atoms with van der Waals surface area (Å²) in [4.78, 5) is 0. The molecule has 0 unspecified atom stereocenters. The lowest BCUT2D eigenvalue weighted by Gasteiger charge is -2.32. The Morgan fingerprint density at radius 1 is 0.708 bits per heavy atom. The summed E-state index contributed by atoms with van der Waals surface area (Å²) in [5.74, 6) is 1.69. The van der Waals surface area contributed by atoms with Crippen LogP contribution in [-0.4, -0.2) is 30.8 Å². The summed E-state index contributed by atoms with van der Waals surface area (Å²) in [6, 6.07) is 32.1. The molecule has 2 N–H and O–H groups in total. The molecule has 0 fully saturated rings. The largest absolute Gasteiger partial charge is 0.534 e. The highest BCUT2D eigenvalue weighted by atomic mass is 32.2. The number of halogens is 3. The fourth-order valence-electron chi connectivity index (χ4n) is 5.78. The number of allylic oxidation sites excluding steroid dienone is 1. The number of hydrogen-bond donors (Lipinski definition) is 2. The standard InChI is InChI=1S/C25H25NS.C13H14F3NO3S/c1-25(2)16-22(18-27-17-19-9-5-3-6-10-19)23-15-21(13-14-24(23)26-25)20-11-7-4-8-12-20;1-8-7-12(2,3)17-11-5-4-9(6-10(8)11)20-21(18,19)13(14,15)16/h3-16,26H,17-18H2,1-2H3;4-7,17H,1-3H3. The molecule has 2 heterocycles. The molecule has 6 rings (SSSR count). The molecule has 0 radical (unpaired) electrons. The van der Waals surface area contributed by atoms with E-state index in [2.05, 4.69) is 114 Å². The number of alkyl halides is 3. The van der Waals surface area contributed by atoms with E-state index in [9.17, 15) is 21.6 Å². The van der Waals surface area contributed by atoms with Crippen LogP contribution >= 0.6 is 11.8 Å². The number of thioether (sulfide) groups is 1. The Hall–Kier alpha value is -4.15. The predicted molar refractivity (Wildman–Crippen MR) is 194 cm³/mol. The molecule has 10 heteroatoms. The minimum Gasteiger partial charge on any atom is -0.376 e. The highest BCUT2D eigenvalue weighted by Gasteiger charge is 2.48. The van der Waals surface area contributed by atoms with Gasteiger partial charge in [0.15, 0.2) is 0 Å². The molecule has 0 saturated carbocycles. The van der Waals surface area contributed by atoms with E-state index in [1.165, 1.54) is 51.7 Å². The van der Waals surface area contributed by atoms with Gasteiger partial charge in [0.05, 0.1) is 11.1 Å². The van der Waals surface area contributed by atoms with Gasteiger partial charge in [-0.3, -0.25) is 0 Å². The van der Waals surface area contributed by atoms with Crippen LogP contribution in [0.3, 0.4) is 0 Å². The molecule has 0 spiro atoms. The van der Waals surface area contributed by atoms with Crippen LogP contribution in [0.4, 0.5) is 24.5 Å². The topological polar surface area (TPSA) is 67.4 Å². The molecule has 0 atom stereocenters. The zero-order valence-electron chi connectivity index (χ0n) is 27.5. The van der Waals surface area contributed by atoms with Gasteiger partial charge in [0.2, 0.25) is 0 Å².